The molecule has 51 valence electrons. The van der Waals surface area contributed by atoms with Crippen molar-refractivity contribution in [2.24, 2.45) is 0 Å². The monoisotopic (exact) mass is 273 g/mol. The highest BCUT2D eigenvalue weighted by Crippen LogP contribution is 1.91. The third-order valence-corrected chi connectivity index (χ3v) is 0.885. The molecule has 0 nitrogen and oxygen atoms in total. The molecule has 0 heterocycles. The van der Waals surface area contributed by atoms with E-state index in [0.29, 0.717) is 0 Å². The summed E-state index contributed by atoms with van der Waals surface area (Å²) in [5.74, 6) is 0. The lowest BCUT2D eigenvalue weighted by Gasteiger charge is -1.82. The molecule has 0 atom stereocenters. The Labute approximate surface area is 83.9 Å². The molecular formula is C7H7Br2Mg. The maximum absolute atomic E-state index is 3.20. The maximum Gasteiger partial charge on any atom is 0.560 e. The van der Waals surface area contributed by atoms with Crippen LogP contribution in [0.1, 0.15) is 5.56 Å². The van der Waals surface area contributed by atoms with Crippen molar-refractivity contribution in [2.45, 2.75) is 6.92 Å². The molecule has 0 amide bonds. The third-order valence-electron chi connectivity index (χ3n) is 0.885. The second kappa shape index (κ2) is 8.05. The molecule has 1 aromatic rings. The molecule has 0 unspecified atom stereocenters. The predicted octanol–water partition coefficient (Wildman–Crippen LogP) is 3.11. The van der Waals surface area contributed by atoms with Gasteiger partial charge >= 0.3 is 16.0 Å². The minimum atomic E-state index is 0.0417. The van der Waals surface area contributed by atoms with Crippen molar-refractivity contribution in [3.63, 3.8) is 0 Å². The van der Waals surface area contributed by atoms with Crippen molar-refractivity contribution in [3.05, 3.63) is 35.9 Å². The van der Waals surface area contributed by atoms with Crippen LogP contribution in [0.15, 0.2) is 24.3 Å². The van der Waals surface area contributed by atoms with E-state index in [9.17, 15) is 0 Å². The van der Waals surface area contributed by atoms with E-state index in [2.05, 4.69) is 38.8 Å². The van der Waals surface area contributed by atoms with E-state index < -0.39 is 0 Å². The number of benzene rings is 1. The van der Waals surface area contributed by atoms with Gasteiger partial charge in [0.15, 0.2) is 0 Å². The van der Waals surface area contributed by atoms with Crippen LogP contribution < -0.4 is 0 Å². The van der Waals surface area contributed by atoms with Gasteiger partial charge in [-0.2, -0.15) is 0 Å². The Hall–Kier alpha value is 0.946. The zero-order valence-electron chi connectivity index (χ0n) is 5.77. The first-order chi connectivity index (χ1) is 4.81. The summed E-state index contributed by atoms with van der Waals surface area (Å²) >= 11 is 6.44. The first-order valence-corrected chi connectivity index (χ1v) is 10.7. The molecule has 0 spiro atoms. The van der Waals surface area contributed by atoms with Gasteiger partial charge in [-0.1, -0.05) is 29.8 Å². The zero-order chi connectivity index (χ0) is 7.82. The quantitative estimate of drug-likeness (QED) is 0.638. The van der Waals surface area contributed by atoms with Gasteiger partial charge in [0.05, 0.1) is 0 Å². The summed E-state index contributed by atoms with van der Waals surface area (Å²) in [6, 6.07) is 10.8. The normalized spacial score (nSPS) is 7.10. The van der Waals surface area contributed by atoms with Gasteiger partial charge in [-0.15, -0.1) is 0 Å². The van der Waals surface area contributed by atoms with Crippen LogP contribution in [0.2, 0.25) is 0 Å². The molecular weight excluding hydrogens is 268 g/mol. The van der Waals surface area contributed by atoms with Crippen molar-refractivity contribution >= 4 is 41.8 Å². The smallest absolute Gasteiger partial charge is 0.280 e. The summed E-state index contributed by atoms with van der Waals surface area (Å²) in [7, 11) is 0. The number of rotatable bonds is 0. The first kappa shape index (κ1) is 10.9. The minimum Gasteiger partial charge on any atom is -0.280 e. The standard InChI is InChI=1S/C7H7.2BrH.Mg/c1-7-5-3-2-4-6-7;;;/h3-6H,1H3;2*1H;/q;;;+2/p-2. The summed E-state index contributed by atoms with van der Waals surface area (Å²) in [5.41, 5.74) is 1.29. The maximum atomic E-state index is 3.20. The average molecular weight is 275 g/mol. The van der Waals surface area contributed by atoms with Gasteiger partial charge in [0.2, 0.25) is 0 Å². The second-order valence-corrected chi connectivity index (χ2v) is 9.76. The van der Waals surface area contributed by atoms with E-state index in [1.165, 1.54) is 5.56 Å². The minimum absolute atomic E-state index is 0.0417. The Bertz CT molecular complexity index is 153. The van der Waals surface area contributed by atoms with Crippen LogP contribution in [0.4, 0.5) is 0 Å². The van der Waals surface area contributed by atoms with Crippen molar-refractivity contribution in [2.75, 3.05) is 0 Å². The van der Waals surface area contributed by atoms with Crippen LogP contribution in [0.5, 0.6) is 0 Å². The molecule has 1 radical (unpaired) electrons. The molecule has 10 heavy (non-hydrogen) atoms. The third kappa shape index (κ3) is 7.06. The van der Waals surface area contributed by atoms with E-state index in [1.807, 2.05) is 24.3 Å². The molecule has 0 aliphatic carbocycles. The highest BCUT2D eigenvalue weighted by atomic mass is 79.9. The molecule has 0 N–H and O–H groups in total. The van der Waals surface area contributed by atoms with E-state index in [4.69, 9.17) is 0 Å². The lowest BCUT2D eigenvalue weighted by atomic mass is 10.2. The van der Waals surface area contributed by atoms with Crippen LogP contribution in [-0.4, -0.2) is 16.0 Å². The predicted molar refractivity (Wildman–Crippen MR) is 53.6 cm³/mol. The van der Waals surface area contributed by atoms with Crippen LogP contribution in [0.25, 0.3) is 0 Å². The largest absolute Gasteiger partial charge is 0.560 e. The topological polar surface area (TPSA) is 0 Å². The van der Waals surface area contributed by atoms with Crippen LogP contribution in [0.3, 0.4) is 0 Å². The number of hydrogen-bond donors (Lipinski definition) is 0. The highest BCUT2D eigenvalue weighted by Gasteiger charge is 1.72. The van der Waals surface area contributed by atoms with Gasteiger partial charge in [-0.05, 0) is 13.0 Å². The summed E-state index contributed by atoms with van der Waals surface area (Å²) < 4.78 is 0. The first-order valence-electron chi connectivity index (χ1n) is 2.86. The van der Waals surface area contributed by atoms with E-state index in [0.717, 1.165) is 0 Å². The second-order valence-electron chi connectivity index (χ2n) is 1.68. The molecule has 0 fully saturated rings. The Morgan fingerprint density at radius 1 is 1.30 bits per heavy atom. The number of hydrogen-bond acceptors (Lipinski definition) is 0. The molecule has 0 saturated heterocycles. The Morgan fingerprint density at radius 2 is 1.70 bits per heavy atom. The summed E-state index contributed by atoms with van der Waals surface area (Å²) in [4.78, 5) is 0. The van der Waals surface area contributed by atoms with Crippen molar-refractivity contribution < 1.29 is 0 Å². The van der Waals surface area contributed by atoms with Gasteiger partial charge in [-0.3, -0.25) is 25.8 Å². The Balaban J connectivity index is 0.000000236. The molecule has 0 bridgehead atoms. The lowest BCUT2D eigenvalue weighted by Crippen LogP contribution is -1.63. The van der Waals surface area contributed by atoms with Gasteiger partial charge < -0.3 is 0 Å². The molecule has 0 aliphatic rings. The Kier molecular flexibility index (Phi) is 8.81. The average Bonchev–Trinajstić information content (AvgIpc) is 1.91. The number of halogens is 2. The molecule has 0 aromatic heterocycles. The van der Waals surface area contributed by atoms with Crippen LogP contribution in [-0.2, 0) is 0 Å². The fraction of sp³-hybridized carbons (Fsp3) is 0.143. The Morgan fingerprint density at radius 3 is 1.90 bits per heavy atom. The molecule has 0 aliphatic heterocycles. The van der Waals surface area contributed by atoms with Crippen molar-refractivity contribution in [1.29, 1.82) is 0 Å². The van der Waals surface area contributed by atoms with E-state index in [-0.39, 0.29) is 16.0 Å². The van der Waals surface area contributed by atoms with Gasteiger partial charge in [0.1, 0.15) is 0 Å². The fourth-order valence-electron chi connectivity index (χ4n) is 0.470. The van der Waals surface area contributed by atoms with Crippen LogP contribution in [0, 0.1) is 13.0 Å². The van der Waals surface area contributed by atoms with Gasteiger partial charge in [-0.25, -0.2) is 0 Å². The van der Waals surface area contributed by atoms with E-state index in [1.54, 1.807) is 0 Å². The van der Waals surface area contributed by atoms with Gasteiger partial charge in [0.25, 0.3) is 0 Å². The lowest BCUT2D eigenvalue weighted by molar-refractivity contribution is 1.47. The fourth-order valence-corrected chi connectivity index (χ4v) is 0.470. The molecule has 3 heteroatoms. The summed E-state index contributed by atoms with van der Waals surface area (Å²) in [6.45, 7) is 2.06. The van der Waals surface area contributed by atoms with Gasteiger partial charge in [0, 0.05) is 0 Å². The molecule has 1 rings (SSSR count). The van der Waals surface area contributed by atoms with Crippen LogP contribution >= 0.6 is 25.8 Å². The van der Waals surface area contributed by atoms with Crippen molar-refractivity contribution in [1.82, 2.24) is 0 Å². The molecule has 0 saturated carbocycles. The summed E-state index contributed by atoms with van der Waals surface area (Å²) in [6.07, 6.45) is 0. The highest BCUT2D eigenvalue weighted by molar-refractivity contribution is 9.47. The SMILES string of the molecule is Cc1cc[c]cc1.[Br][Mg][Br]. The number of aryl methyl sites for hydroxylation is 1. The zero-order valence-corrected chi connectivity index (χ0v) is 10.4. The van der Waals surface area contributed by atoms with E-state index >= 15 is 0 Å². The molecule has 1 aromatic carbocycles. The van der Waals surface area contributed by atoms with Crippen molar-refractivity contribution in [3.8, 4) is 0 Å². The summed E-state index contributed by atoms with van der Waals surface area (Å²) in [5, 5.41) is 0.